The van der Waals surface area contributed by atoms with E-state index in [1.807, 2.05) is 30.0 Å². The van der Waals surface area contributed by atoms with Crippen molar-refractivity contribution in [3.05, 3.63) is 35.4 Å². The molecule has 124 valence electrons. The van der Waals surface area contributed by atoms with Crippen LogP contribution in [0.15, 0.2) is 24.3 Å². The number of aryl methyl sites for hydroxylation is 1. The van der Waals surface area contributed by atoms with E-state index < -0.39 is 0 Å². The Morgan fingerprint density at radius 3 is 2.87 bits per heavy atom. The molecule has 3 unspecified atom stereocenters. The number of hydrogen-bond donors (Lipinski definition) is 1. The Morgan fingerprint density at radius 1 is 1.30 bits per heavy atom. The molecule has 2 aliphatic rings. The van der Waals surface area contributed by atoms with Crippen molar-refractivity contribution >= 4 is 11.8 Å². The molecule has 1 aromatic carbocycles. The van der Waals surface area contributed by atoms with E-state index in [0.717, 1.165) is 25.1 Å². The zero-order chi connectivity index (χ0) is 16.4. The summed E-state index contributed by atoms with van der Waals surface area (Å²) in [5, 5.41) is 2.97. The predicted molar refractivity (Wildman–Crippen MR) is 89.6 cm³/mol. The standard InChI is InChI=1S/C19H26N2O2/c1-13-5-3-7-15(9-13)11-20-18(22)16-10-17(16)19(23)21-8-4-6-14(2)12-21/h3,5,7,9,14,16-17H,4,6,8,10-12H2,1-2H3,(H,20,22). The summed E-state index contributed by atoms with van der Waals surface area (Å²) in [5.74, 6) is 0.588. The largest absolute Gasteiger partial charge is 0.352 e. The van der Waals surface area contributed by atoms with Gasteiger partial charge in [0.05, 0.1) is 11.8 Å². The van der Waals surface area contributed by atoms with Gasteiger partial charge in [0.1, 0.15) is 0 Å². The monoisotopic (exact) mass is 314 g/mol. The van der Waals surface area contributed by atoms with Crippen LogP contribution in [-0.4, -0.2) is 29.8 Å². The molecule has 0 radical (unpaired) electrons. The van der Waals surface area contributed by atoms with E-state index in [-0.39, 0.29) is 23.7 Å². The minimum absolute atomic E-state index is 0.0231. The lowest BCUT2D eigenvalue weighted by atomic mass is 10.00. The molecule has 0 bridgehead atoms. The molecule has 1 aromatic rings. The van der Waals surface area contributed by atoms with E-state index in [9.17, 15) is 9.59 Å². The molecular formula is C19H26N2O2. The summed E-state index contributed by atoms with van der Waals surface area (Å²) in [4.78, 5) is 26.7. The Balaban J connectivity index is 1.47. The second kappa shape index (κ2) is 6.73. The van der Waals surface area contributed by atoms with Gasteiger partial charge in [0.2, 0.25) is 11.8 Å². The molecule has 4 nitrogen and oxygen atoms in total. The highest BCUT2D eigenvalue weighted by molar-refractivity contribution is 5.92. The highest BCUT2D eigenvalue weighted by Gasteiger charge is 2.49. The van der Waals surface area contributed by atoms with Crippen molar-refractivity contribution in [2.75, 3.05) is 13.1 Å². The molecule has 1 heterocycles. The Labute approximate surface area is 138 Å². The summed E-state index contributed by atoms with van der Waals surface area (Å²) >= 11 is 0. The molecule has 3 rings (SSSR count). The third-order valence-electron chi connectivity index (χ3n) is 4.96. The number of nitrogens with zero attached hydrogens (tertiary/aromatic N) is 1. The van der Waals surface area contributed by atoms with E-state index in [1.165, 1.54) is 12.0 Å². The number of rotatable bonds is 4. The Kier molecular flexibility index (Phi) is 4.69. The number of likely N-dealkylation sites (tertiary alicyclic amines) is 1. The lowest BCUT2D eigenvalue weighted by Crippen LogP contribution is -2.40. The second-order valence-corrected chi connectivity index (χ2v) is 7.19. The average Bonchev–Trinajstić information content (AvgIpc) is 3.32. The molecule has 1 aliphatic heterocycles. The summed E-state index contributed by atoms with van der Waals surface area (Å²) < 4.78 is 0. The van der Waals surface area contributed by atoms with Crippen molar-refractivity contribution in [2.45, 2.75) is 39.7 Å². The summed E-state index contributed by atoms with van der Waals surface area (Å²) in [6.07, 6.45) is 3.00. The van der Waals surface area contributed by atoms with E-state index in [4.69, 9.17) is 0 Å². The molecule has 1 saturated carbocycles. The summed E-state index contributed by atoms with van der Waals surface area (Å²) in [6, 6.07) is 8.13. The van der Waals surface area contributed by atoms with Crippen molar-refractivity contribution in [2.24, 2.45) is 17.8 Å². The molecule has 2 amide bonds. The van der Waals surface area contributed by atoms with Crippen molar-refractivity contribution < 1.29 is 9.59 Å². The van der Waals surface area contributed by atoms with Crippen molar-refractivity contribution in [1.29, 1.82) is 0 Å². The molecule has 1 N–H and O–H groups in total. The molecule has 0 aromatic heterocycles. The van der Waals surface area contributed by atoms with Crippen molar-refractivity contribution in [1.82, 2.24) is 10.2 Å². The van der Waals surface area contributed by atoms with Crippen LogP contribution in [0.5, 0.6) is 0 Å². The smallest absolute Gasteiger partial charge is 0.226 e. The van der Waals surface area contributed by atoms with Crippen LogP contribution in [-0.2, 0) is 16.1 Å². The number of piperidine rings is 1. The number of benzene rings is 1. The van der Waals surface area contributed by atoms with Crippen LogP contribution in [0, 0.1) is 24.7 Å². The van der Waals surface area contributed by atoms with Crippen LogP contribution in [0.2, 0.25) is 0 Å². The maximum atomic E-state index is 12.5. The molecule has 23 heavy (non-hydrogen) atoms. The van der Waals surface area contributed by atoms with Crippen LogP contribution in [0.4, 0.5) is 0 Å². The van der Waals surface area contributed by atoms with Gasteiger partial charge in [-0.25, -0.2) is 0 Å². The third kappa shape index (κ3) is 3.92. The number of carbonyl (C=O) groups is 2. The Morgan fingerprint density at radius 2 is 2.13 bits per heavy atom. The lowest BCUT2D eigenvalue weighted by Gasteiger charge is -2.31. The van der Waals surface area contributed by atoms with Crippen LogP contribution in [0.1, 0.15) is 37.3 Å². The first-order valence-electron chi connectivity index (χ1n) is 8.66. The molecular weight excluding hydrogens is 288 g/mol. The quantitative estimate of drug-likeness (QED) is 0.928. The van der Waals surface area contributed by atoms with Gasteiger partial charge in [-0.15, -0.1) is 0 Å². The molecule has 0 spiro atoms. The first kappa shape index (κ1) is 16.0. The molecule has 3 atom stereocenters. The van der Waals surface area contributed by atoms with Gasteiger partial charge in [0.25, 0.3) is 0 Å². The van der Waals surface area contributed by atoms with Crippen molar-refractivity contribution in [3.63, 3.8) is 0 Å². The minimum atomic E-state index is -0.121. The van der Waals surface area contributed by atoms with E-state index in [2.05, 4.69) is 18.3 Å². The SMILES string of the molecule is Cc1cccc(CNC(=O)C2CC2C(=O)N2CCCC(C)C2)c1. The number of amides is 2. The Bertz CT molecular complexity index is 599. The summed E-state index contributed by atoms with van der Waals surface area (Å²) in [6.45, 7) is 6.49. The normalized spacial score (nSPS) is 26.7. The third-order valence-corrected chi connectivity index (χ3v) is 4.96. The summed E-state index contributed by atoms with van der Waals surface area (Å²) in [5.41, 5.74) is 2.29. The fourth-order valence-corrected chi connectivity index (χ4v) is 3.52. The van der Waals surface area contributed by atoms with Gasteiger partial charge < -0.3 is 10.2 Å². The summed E-state index contributed by atoms with van der Waals surface area (Å²) in [7, 11) is 0. The van der Waals surface area contributed by atoms with E-state index in [0.29, 0.717) is 18.9 Å². The highest BCUT2D eigenvalue weighted by atomic mass is 16.2. The maximum Gasteiger partial charge on any atom is 0.226 e. The lowest BCUT2D eigenvalue weighted by molar-refractivity contribution is -0.136. The fourth-order valence-electron chi connectivity index (χ4n) is 3.52. The van der Waals surface area contributed by atoms with Gasteiger partial charge >= 0.3 is 0 Å². The van der Waals surface area contributed by atoms with Crippen LogP contribution in [0.25, 0.3) is 0 Å². The van der Waals surface area contributed by atoms with Gasteiger partial charge in [0.15, 0.2) is 0 Å². The van der Waals surface area contributed by atoms with Gasteiger partial charge in [0, 0.05) is 19.6 Å². The van der Waals surface area contributed by atoms with Crippen LogP contribution < -0.4 is 5.32 Å². The number of hydrogen-bond acceptors (Lipinski definition) is 2. The molecule has 4 heteroatoms. The average molecular weight is 314 g/mol. The zero-order valence-electron chi connectivity index (χ0n) is 14.0. The zero-order valence-corrected chi connectivity index (χ0v) is 14.0. The Hall–Kier alpha value is -1.84. The first-order valence-corrected chi connectivity index (χ1v) is 8.66. The van der Waals surface area contributed by atoms with Crippen molar-refractivity contribution in [3.8, 4) is 0 Å². The number of nitrogens with one attached hydrogen (secondary N) is 1. The van der Waals surface area contributed by atoms with Gasteiger partial charge in [-0.05, 0) is 37.7 Å². The molecule has 1 saturated heterocycles. The number of carbonyl (C=O) groups excluding carboxylic acids is 2. The van der Waals surface area contributed by atoms with E-state index in [1.54, 1.807) is 0 Å². The predicted octanol–water partition coefficient (Wildman–Crippen LogP) is 2.51. The maximum absolute atomic E-state index is 12.5. The van der Waals surface area contributed by atoms with Gasteiger partial charge in [-0.1, -0.05) is 36.8 Å². The van der Waals surface area contributed by atoms with E-state index >= 15 is 0 Å². The topological polar surface area (TPSA) is 49.4 Å². The fraction of sp³-hybridized carbons (Fsp3) is 0.579. The van der Waals surface area contributed by atoms with Crippen LogP contribution in [0.3, 0.4) is 0 Å². The van der Waals surface area contributed by atoms with Crippen LogP contribution >= 0.6 is 0 Å². The van der Waals surface area contributed by atoms with Gasteiger partial charge in [-0.2, -0.15) is 0 Å². The first-order chi connectivity index (χ1) is 11.0. The molecule has 1 aliphatic carbocycles. The highest BCUT2D eigenvalue weighted by Crippen LogP contribution is 2.40. The van der Waals surface area contributed by atoms with Gasteiger partial charge in [-0.3, -0.25) is 9.59 Å². The molecule has 2 fully saturated rings. The minimum Gasteiger partial charge on any atom is -0.352 e. The second-order valence-electron chi connectivity index (χ2n) is 7.19.